The normalized spacial score (nSPS) is 15.4. The van der Waals surface area contributed by atoms with E-state index in [2.05, 4.69) is 19.9 Å². The highest BCUT2D eigenvalue weighted by Crippen LogP contribution is 2.24. The zero-order valence-electron chi connectivity index (χ0n) is 9.33. The summed E-state index contributed by atoms with van der Waals surface area (Å²) in [6.07, 6.45) is 6.10. The third-order valence-electron chi connectivity index (χ3n) is 2.80. The van der Waals surface area contributed by atoms with E-state index >= 15 is 0 Å². The molecule has 1 saturated heterocycles. The first-order valence-electron chi connectivity index (χ1n) is 5.61. The van der Waals surface area contributed by atoms with E-state index < -0.39 is 0 Å². The van der Waals surface area contributed by atoms with Gasteiger partial charge in [0.1, 0.15) is 10.8 Å². The standard InChI is InChI=1S/C11H13N5S/c12-9-7-17-10(15-9)8-5-13-11(14-6-8)16-3-1-2-4-16/h5-7H,1-4,12H2. The van der Waals surface area contributed by atoms with E-state index in [-0.39, 0.29) is 0 Å². The Kier molecular flexibility index (Phi) is 2.64. The molecule has 5 nitrogen and oxygen atoms in total. The van der Waals surface area contributed by atoms with Crippen molar-refractivity contribution in [2.75, 3.05) is 23.7 Å². The fourth-order valence-corrected chi connectivity index (χ4v) is 2.62. The number of nitrogens with zero attached hydrogens (tertiary/aromatic N) is 4. The van der Waals surface area contributed by atoms with E-state index in [1.165, 1.54) is 24.2 Å². The van der Waals surface area contributed by atoms with E-state index in [1.807, 2.05) is 17.8 Å². The summed E-state index contributed by atoms with van der Waals surface area (Å²) in [4.78, 5) is 15.2. The molecule has 1 aliphatic heterocycles. The maximum atomic E-state index is 5.60. The van der Waals surface area contributed by atoms with E-state index in [0.29, 0.717) is 5.82 Å². The summed E-state index contributed by atoms with van der Waals surface area (Å²) in [5, 5.41) is 2.69. The zero-order chi connectivity index (χ0) is 11.7. The van der Waals surface area contributed by atoms with Gasteiger partial charge >= 0.3 is 0 Å². The lowest BCUT2D eigenvalue weighted by Gasteiger charge is -2.14. The second-order valence-corrected chi connectivity index (χ2v) is 4.90. The molecule has 2 aromatic heterocycles. The molecule has 6 heteroatoms. The Balaban J connectivity index is 1.84. The second-order valence-electron chi connectivity index (χ2n) is 4.04. The topological polar surface area (TPSA) is 67.9 Å². The monoisotopic (exact) mass is 247 g/mol. The van der Waals surface area contributed by atoms with Gasteiger partial charge in [-0.3, -0.25) is 0 Å². The maximum absolute atomic E-state index is 5.60. The molecule has 1 fully saturated rings. The largest absolute Gasteiger partial charge is 0.383 e. The molecule has 0 radical (unpaired) electrons. The average Bonchev–Trinajstić information content (AvgIpc) is 3.00. The van der Waals surface area contributed by atoms with E-state index in [9.17, 15) is 0 Å². The fraction of sp³-hybridized carbons (Fsp3) is 0.364. The Morgan fingerprint density at radius 2 is 1.88 bits per heavy atom. The molecule has 17 heavy (non-hydrogen) atoms. The molecule has 2 N–H and O–H groups in total. The number of nitrogen functional groups attached to an aromatic ring is 1. The number of hydrogen-bond donors (Lipinski definition) is 1. The number of thiazole rings is 1. The van der Waals surface area contributed by atoms with Crippen LogP contribution in [0.15, 0.2) is 17.8 Å². The number of aromatic nitrogens is 3. The molecular weight excluding hydrogens is 234 g/mol. The van der Waals surface area contributed by atoms with Crippen molar-refractivity contribution in [1.29, 1.82) is 0 Å². The molecule has 0 bridgehead atoms. The van der Waals surface area contributed by atoms with Crippen LogP contribution in [-0.4, -0.2) is 28.0 Å². The van der Waals surface area contributed by atoms with Crippen molar-refractivity contribution in [2.45, 2.75) is 12.8 Å². The SMILES string of the molecule is Nc1csc(-c2cnc(N3CCCC3)nc2)n1. The quantitative estimate of drug-likeness (QED) is 0.876. The summed E-state index contributed by atoms with van der Waals surface area (Å²) < 4.78 is 0. The van der Waals surface area contributed by atoms with Gasteiger partial charge in [0, 0.05) is 36.4 Å². The van der Waals surface area contributed by atoms with Crippen molar-refractivity contribution >= 4 is 23.1 Å². The molecule has 2 aromatic rings. The highest BCUT2D eigenvalue weighted by Gasteiger charge is 2.14. The lowest BCUT2D eigenvalue weighted by atomic mass is 10.4. The van der Waals surface area contributed by atoms with Crippen LogP contribution in [0.2, 0.25) is 0 Å². The molecule has 3 heterocycles. The van der Waals surface area contributed by atoms with Crippen molar-refractivity contribution in [1.82, 2.24) is 15.0 Å². The Labute approximate surface area is 103 Å². The summed E-state index contributed by atoms with van der Waals surface area (Å²) in [6, 6.07) is 0. The van der Waals surface area contributed by atoms with Crippen molar-refractivity contribution in [3.8, 4) is 10.6 Å². The molecule has 0 aliphatic carbocycles. The molecule has 0 unspecified atom stereocenters. The van der Waals surface area contributed by atoms with Gasteiger partial charge in [-0.2, -0.15) is 0 Å². The summed E-state index contributed by atoms with van der Waals surface area (Å²) >= 11 is 1.51. The van der Waals surface area contributed by atoms with Gasteiger partial charge in [-0.05, 0) is 12.8 Å². The predicted molar refractivity (Wildman–Crippen MR) is 69.0 cm³/mol. The number of hydrogen-bond acceptors (Lipinski definition) is 6. The van der Waals surface area contributed by atoms with Gasteiger partial charge in [0.05, 0.1) is 0 Å². The first kappa shape index (κ1) is 10.5. The van der Waals surface area contributed by atoms with Crippen LogP contribution in [0.5, 0.6) is 0 Å². The summed E-state index contributed by atoms with van der Waals surface area (Å²) in [5.41, 5.74) is 6.52. The van der Waals surface area contributed by atoms with Gasteiger partial charge in [-0.25, -0.2) is 15.0 Å². The molecule has 0 spiro atoms. The maximum Gasteiger partial charge on any atom is 0.225 e. The van der Waals surface area contributed by atoms with E-state index in [0.717, 1.165) is 29.6 Å². The van der Waals surface area contributed by atoms with Gasteiger partial charge in [-0.15, -0.1) is 11.3 Å². The van der Waals surface area contributed by atoms with Crippen LogP contribution in [0.3, 0.4) is 0 Å². The minimum atomic E-state index is 0.550. The van der Waals surface area contributed by atoms with E-state index in [4.69, 9.17) is 5.73 Å². The van der Waals surface area contributed by atoms with Gasteiger partial charge < -0.3 is 10.6 Å². The minimum absolute atomic E-state index is 0.550. The Bertz CT molecular complexity index is 501. The Morgan fingerprint density at radius 1 is 1.18 bits per heavy atom. The number of nitrogens with two attached hydrogens (primary N) is 1. The second kappa shape index (κ2) is 4.29. The third kappa shape index (κ3) is 2.08. The molecular formula is C11H13N5S. The molecule has 0 atom stereocenters. The Morgan fingerprint density at radius 3 is 2.47 bits per heavy atom. The smallest absolute Gasteiger partial charge is 0.225 e. The van der Waals surface area contributed by atoms with Gasteiger partial charge in [0.2, 0.25) is 5.95 Å². The first-order chi connectivity index (χ1) is 8.33. The van der Waals surface area contributed by atoms with Crippen molar-refractivity contribution < 1.29 is 0 Å². The molecule has 0 amide bonds. The Hall–Kier alpha value is -1.69. The van der Waals surface area contributed by atoms with Crippen molar-refractivity contribution in [2.24, 2.45) is 0 Å². The van der Waals surface area contributed by atoms with Crippen LogP contribution < -0.4 is 10.6 Å². The molecule has 0 aromatic carbocycles. The van der Waals surface area contributed by atoms with Crippen LogP contribution in [0.25, 0.3) is 10.6 Å². The van der Waals surface area contributed by atoms with Gasteiger partial charge in [0.15, 0.2) is 0 Å². The molecule has 88 valence electrons. The van der Waals surface area contributed by atoms with E-state index in [1.54, 1.807) is 0 Å². The van der Waals surface area contributed by atoms with Crippen LogP contribution in [0, 0.1) is 0 Å². The van der Waals surface area contributed by atoms with Gasteiger partial charge in [0.25, 0.3) is 0 Å². The van der Waals surface area contributed by atoms with Crippen LogP contribution >= 0.6 is 11.3 Å². The van der Waals surface area contributed by atoms with Crippen LogP contribution in [-0.2, 0) is 0 Å². The highest BCUT2D eigenvalue weighted by molar-refractivity contribution is 7.13. The molecule has 1 aliphatic rings. The summed E-state index contributed by atoms with van der Waals surface area (Å²) in [6.45, 7) is 2.12. The fourth-order valence-electron chi connectivity index (χ4n) is 1.93. The van der Waals surface area contributed by atoms with Crippen molar-refractivity contribution in [3.63, 3.8) is 0 Å². The number of rotatable bonds is 2. The predicted octanol–water partition coefficient (Wildman–Crippen LogP) is 1.78. The summed E-state index contributed by atoms with van der Waals surface area (Å²) in [5.74, 6) is 1.37. The first-order valence-corrected chi connectivity index (χ1v) is 6.49. The van der Waals surface area contributed by atoms with Crippen molar-refractivity contribution in [3.05, 3.63) is 17.8 Å². The zero-order valence-corrected chi connectivity index (χ0v) is 10.2. The lowest BCUT2D eigenvalue weighted by Crippen LogP contribution is -2.20. The third-order valence-corrected chi connectivity index (χ3v) is 3.71. The average molecular weight is 247 g/mol. The van der Waals surface area contributed by atoms with Crippen LogP contribution in [0.4, 0.5) is 11.8 Å². The van der Waals surface area contributed by atoms with Gasteiger partial charge in [-0.1, -0.05) is 0 Å². The number of anilines is 2. The molecule has 3 rings (SSSR count). The molecule has 0 saturated carbocycles. The minimum Gasteiger partial charge on any atom is -0.383 e. The summed E-state index contributed by atoms with van der Waals surface area (Å²) in [7, 11) is 0. The van der Waals surface area contributed by atoms with Crippen LogP contribution in [0.1, 0.15) is 12.8 Å². The lowest BCUT2D eigenvalue weighted by molar-refractivity contribution is 0.899. The highest BCUT2D eigenvalue weighted by atomic mass is 32.1.